The first-order chi connectivity index (χ1) is 16.6. The van der Waals surface area contributed by atoms with E-state index >= 15 is 0 Å². The molecule has 1 unspecified atom stereocenters. The van der Waals surface area contributed by atoms with Crippen molar-refractivity contribution in [3.63, 3.8) is 0 Å². The van der Waals surface area contributed by atoms with Crippen LogP contribution in [0.25, 0.3) is 16.4 Å². The molecule has 1 aliphatic heterocycles. The molecule has 0 saturated carbocycles. The van der Waals surface area contributed by atoms with Crippen LogP contribution in [0, 0.1) is 0 Å². The molecule has 11 heteroatoms. The molecule has 3 aromatic heterocycles. The van der Waals surface area contributed by atoms with Gasteiger partial charge in [-0.25, -0.2) is 4.68 Å². The maximum atomic E-state index is 13.6. The van der Waals surface area contributed by atoms with Crippen molar-refractivity contribution in [1.29, 1.82) is 0 Å². The summed E-state index contributed by atoms with van der Waals surface area (Å²) in [7, 11) is 0. The Bertz CT molecular complexity index is 1490. The third kappa shape index (κ3) is 4.04. The Kier molecular flexibility index (Phi) is 5.57. The Morgan fingerprint density at radius 3 is 2.54 bits per heavy atom. The van der Waals surface area contributed by atoms with Gasteiger partial charge in [-0.3, -0.25) is 14.0 Å². The zero-order valence-corrected chi connectivity index (χ0v) is 19.2. The van der Waals surface area contributed by atoms with Gasteiger partial charge in [0.15, 0.2) is 11.3 Å². The van der Waals surface area contributed by atoms with E-state index in [9.17, 15) is 22.8 Å². The molecule has 182 valence electrons. The maximum Gasteiger partial charge on any atom is 0.417 e. The van der Waals surface area contributed by atoms with Gasteiger partial charge in [-0.1, -0.05) is 18.2 Å². The summed E-state index contributed by atoms with van der Waals surface area (Å²) < 4.78 is 42.4. The fourth-order valence-corrected chi connectivity index (χ4v) is 4.59. The van der Waals surface area contributed by atoms with E-state index in [4.69, 9.17) is 0 Å². The third-order valence-corrected chi connectivity index (χ3v) is 6.35. The van der Waals surface area contributed by atoms with Crippen molar-refractivity contribution in [1.82, 2.24) is 29.3 Å². The molecule has 0 bridgehead atoms. The Hall–Kier alpha value is -3.76. The van der Waals surface area contributed by atoms with Gasteiger partial charge in [0.1, 0.15) is 5.82 Å². The molecule has 35 heavy (non-hydrogen) atoms. The second-order valence-electron chi connectivity index (χ2n) is 9.03. The van der Waals surface area contributed by atoms with Crippen molar-refractivity contribution in [3.8, 4) is 0 Å². The second kappa shape index (κ2) is 8.47. The minimum Gasteiger partial charge on any atom is -0.337 e. The van der Waals surface area contributed by atoms with Gasteiger partial charge >= 0.3 is 6.18 Å². The zero-order chi connectivity index (χ0) is 24.9. The molecular weight excluding hydrogens is 461 g/mol. The lowest BCUT2D eigenvalue weighted by Crippen LogP contribution is -2.41. The molecule has 1 atom stereocenters. The van der Waals surface area contributed by atoms with Crippen LogP contribution >= 0.6 is 0 Å². The molecule has 4 aromatic rings. The number of halogens is 3. The highest BCUT2D eigenvalue weighted by Gasteiger charge is 2.33. The summed E-state index contributed by atoms with van der Waals surface area (Å²) in [6.45, 7) is 4.36. The van der Waals surface area contributed by atoms with Gasteiger partial charge in [-0.05, 0) is 44.9 Å². The minimum absolute atomic E-state index is 0.181. The normalized spacial score (nSPS) is 17.0. The third-order valence-electron chi connectivity index (χ3n) is 6.35. The van der Waals surface area contributed by atoms with Gasteiger partial charge in [0.05, 0.1) is 17.0 Å². The molecule has 1 saturated heterocycles. The number of alkyl halides is 3. The van der Waals surface area contributed by atoms with Crippen LogP contribution in [0.1, 0.15) is 60.5 Å². The van der Waals surface area contributed by atoms with E-state index in [2.05, 4.69) is 15.3 Å². The average molecular weight is 484 g/mol. The van der Waals surface area contributed by atoms with Gasteiger partial charge in [-0.2, -0.15) is 18.3 Å². The molecule has 4 heterocycles. The van der Waals surface area contributed by atoms with Crippen LogP contribution in [0.4, 0.5) is 13.2 Å². The van der Waals surface area contributed by atoms with Gasteiger partial charge < -0.3 is 4.90 Å². The Balaban J connectivity index is 1.51. The number of aromatic nitrogens is 5. The Morgan fingerprint density at radius 2 is 1.83 bits per heavy atom. The Labute approximate surface area is 198 Å². The highest BCUT2D eigenvalue weighted by atomic mass is 19.4. The number of carbonyl (C=O) groups excluding carboxylic acids is 1. The summed E-state index contributed by atoms with van der Waals surface area (Å²) in [4.78, 5) is 28.1. The van der Waals surface area contributed by atoms with Crippen LogP contribution in [-0.4, -0.2) is 48.3 Å². The first kappa shape index (κ1) is 23.0. The van der Waals surface area contributed by atoms with Crippen LogP contribution in [0.5, 0.6) is 0 Å². The van der Waals surface area contributed by atoms with E-state index in [0.717, 1.165) is 12.3 Å². The van der Waals surface area contributed by atoms with Crippen molar-refractivity contribution in [2.45, 2.75) is 44.8 Å². The SMILES string of the molecule is CC(C)n1nc(C(=O)N2CCCC(c3nnc4ccc(C(F)(F)F)cn34)C2)c2ccccc2c1=O. The van der Waals surface area contributed by atoms with Gasteiger partial charge in [0.25, 0.3) is 11.5 Å². The number of rotatable bonds is 3. The average Bonchev–Trinajstić information content (AvgIpc) is 3.27. The number of piperidine rings is 1. The fourth-order valence-electron chi connectivity index (χ4n) is 4.59. The summed E-state index contributed by atoms with van der Waals surface area (Å²) in [5, 5.41) is 13.5. The molecule has 1 amide bonds. The molecule has 0 N–H and O–H groups in total. The minimum atomic E-state index is -4.49. The molecule has 0 aliphatic carbocycles. The number of likely N-dealkylation sites (tertiary alicyclic amines) is 1. The quantitative estimate of drug-likeness (QED) is 0.438. The largest absolute Gasteiger partial charge is 0.417 e. The lowest BCUT2D eigenvalue weighted by molar-refractivity contribution is -0.137. The summed E-state index contributed by atoms with van der Waals surface area (Å²) in [5.74, 6) is -0.243. The van der Waals surface area contributed by atoms with Crippen LogP contribution in [-0.2, 0) is 6.18 Å². The van der Waals surface area contributed by atoms with Crippen molar-refractivity contribution in [2.75, 3.05) is 13.1 Å². The number of amides is 1. The van der Waals surface area contributed by atoms with Crippen molar-refractivity contribution < 1.29 is 18.0 Å². The molecule has 0 spiro atoms. The molecule has 1 fully saturated rings. The van der Waals surface area contributed by atoms with Crippen molar-refractivity contribution >= 4 is 22.3 Å². The van der Waals surface area contributed by atoms with E-state index in [1.807, 2.05) is 13.8 Å². The molecule has 5 rings (SSSR count). The van der Waals surface area contributed by atoms with E-state index in [0.29, 0.717) is 41.6 Å². The first-order valence-corrected chi connectivity index (χ1v) is 11.4. The smallest absolute Gasteiger partial charge is 0.337 e. The predicted octanol–water partition coefficient (Wildman–Crippen LogP) is 4.06. The number of hydrogen-bond donors (Lipinski definition) is 0. The molecule has 1 aromatic carbocycles. The number of pyridine rings is 1. The van der Waals surface area contributed by atoms with E-state index in [1.165, 1.54) is 15.1 Å². The van der Waals surface area contributed by atoms with Crippen LogP contribution in [0.3, 0.4) is 0 Å². The lowest BCUT2D eigenvalue weighted by Gasteiger charge is -2.32. The van der Waals surface area contributed by atoms with Crippen LogP contribution in [0.2, 0.25) is 0 Å². The zero-order valence-electron chi connectivity index (χ0n) is 19.2. The van der Waals surface area contributed by atoms with E-state index in [-0.39, 0.29) is 35.7 Å². The summed E-state index contributed by atoms with van der Waals surface area (Å²) >= 11 is 0. The summed E-state index contributed by atoms with van der Waals surface area (Å²) in [5.41, 5.74) is -0.561. The Morgan fingerprint density at radius 1 is 1.09 bits per heavy atom. The molecule has 8 nitrogen and oxygen atoms in total. The summed E-state index contributed by atoms with van der Waals surface area (Å²) in [6.07, 6.45) is -2.19. The van der Waals surface area contributed by atoms with Gasteiger partial charge in [0, 0.05) is 30.6 Å². The topological polar surface area (TPSA) is 85.4 Å². The fraction of sp³-hybridized carbons (Fsp3) is 0.375. The number of carbonyl (C=O) groups is 1. The van der Waals surface area contributed by atoms with E-state index < -0.39 is 11.7 Å². The van der Waals surface area contributed by atoms with Crippen LogP contribution in [0.15, 0.2) is 47.4 Å². The monoisotopic (exact) mass is 484 g/mol. The predicted molar refractivity (Wildman–Crippen MR) is 122 cm³/mol. The van der Waals surface area contributed by atoms with Crippen molar-refractivity contribution in [3.05, 3.63) is 70.0 Å². The standard InChI is InChI=1S/C24H23F3N6O2/c1-14(2)33-22(34)18-8-4-3-7-17(18)20(30-33)23(35)31-11-5-6-15(12-31)21-29-28-19-10-9-16(13-32(19)21)24(25,26)27/h3-4,7-10,13-15H,5-6,11-12H2,1-2H3. The maximum absolute atomic E-state index is 13.6. The number of benzene rings is 1. The second-order valence-corrected chi connectivity index (χ2v) is 9.03. The lowest BCUT2D eigenvalue weighted by atomic mass is 9.96. The van der Waals surface area contributed by atoms with Gasteiger partial charge in [0.2, 0.25) is 0 Å². The number of nitrogens with zero attached hydrogens (tertiary/aromatic N) is 6. The first-order valence-electron chi connectivity index (χ1n) is 11.4. The molecule has 1 aliphatic rings. The highest BCUT2D eigenvalue weighted by Crippen LogP contribution is 2.32. The molecule has 0 radical (unpaired) electrons. The number of hydrogen-bond acceptors (Lipinski definition) is 5. The summed E-state index contributed by atoms with van der Waals surface area (Å²) in [6, 6.07) is 8.90. The highest BCUT2D eigenvalue weighted by molar-refractivity contribution is 6.04. The molecular formula is C24H23F3N6O2. The van der Waals surface area contributed by atoms with Crippen LogP contribution < -0.4 is 5.56 Å². The van der Waals surface area contributed by atoms with Crippen molar-refractivity contribution in [2.24, 2.45) is 0 Å². The number of fused-ring (bicyclic) bond motifs is 2. The van der Waals surface area contributed by atoms with E-state index in [1.54, 1.807) is 29.2 Å². The van der Waals surface area contributed by atoms with Gasteiger partial charge in [-0.15, -0.1) is 10.2 Å².